The van der Waals surface area contributed by atoms with Crippen molar-refractivity contribution in [2.75, 3.05) is 25.6 Å². The van der Waals surface area contributed by atoms with Crippen LogP contribution in [0.5, 0.6) is 0 Å². The fourth-order valence-corrected chi connectivity index (χ4v) is 1.87. The minimum absolute atomic E-state index is 0.309. The summed E-state index contributed by atoms with van der Waals surface area (Å²) in [6, 6.07) is 10.9. The lowest BCUT2D eigenvalue weighted by molar-refractivity contribution is -0.124. The number of carbonyl (C=O) groups excluding carboxylic acids is 2. The minimum atomic E-state index is -0.544. The number of pyridine rings is 1. The molecule has 6 heteroatoms. The maximum atomic E-state index is 11.7. The van der Waals surface area contributed by atoms with Crippen LogP contribution in [-0.2, 0) is 16.1 Å². The van der Waals surface area contributed by atoms with E-state index in [1.165, 1.54) is 24.5 Å². The van der Waals surface area contributed by atoms with Crippen molar-refractivity contribution >= 4 is 17.6 Å². The summed E-state index contributed by atoms with van der Waals surface area (Å²) >= 11 is 0. The van der Waals surface area contributed by atoms with E-state index in [1.54, 1.807) is 0 Å². The third kappa shape index (κ3) is 5.10. The zero-order chi connectivity index (χ0) is 16.7. The maximum Gasteiger partial charge on any atom is 0.338 e. The lowest BCUT2D eigenvalue weighted by Crippen LogP contribution is -2.28. The Morgan fingerprint density at radius 1 is 1.09 bits per heavy atom. The van der Waals surface area contributed by atoms with E-state index in [4.69, 9.17) is 4.74 Å². The topological polar surface area (TPSA) is 71.5 Å². The Morgan fingerprint density at radius 2 is 1.74 bits per heavy atom. The molecule has 0 fully saturated rings. The largest absolute Gasteiger partial charge is 0.452 e. The summed E-state index contributed by atoms with van der Waals surface area (Å²) in [6.45, 7) is 0.0796. The van der Waals surface area contributed by atoms with Crippen molar-refractivity contribution < 1.29 is 14.3 Å². The molecule has 120 valence electrons. The highest BCUT2D eigenvalue weighted by Crippen LogP contribution is 2.11. The molecule has 0 aliphatic heterocycles. The van der Waals surface area contributed by atoms with Crippen LogP contribution in [0.1, 0.15) is 15.9 Å². The van der Waals surface area contributed by atoms with Crippen LogP contribution in [0, 0.1) is 0 Å². The number of nitrogens with zero attached hydrogens (tertiary/aromatic N) is 2. The van der Waals surface area contributed by atoms with Gasteiger partial charge in [-0.25, -0.2) is 4.79 Å². The molecule has 0 bridgehead atoms. The monoisotopic (exact) mass is 313 g/mol. The van der Waals surface area contributed by atoms with Crippen molar-refractivity contribution in [1.29, 1.82) is 0 Å². The molecular formula is C17H19N3O3. The Morgan fingerprint density at radius 3 is 2.35 bits per heavy atom. The summed E-state index contributed by atoms with van der Waals surface area (Å²) in [6.07, 6.45) is 2.99. The van der Waals surface area contributed by atoms with Gasteiger partial charge in [0, 0.05) is 38.7 Å². The highest BCUT2D eigenvalue weighted by atomic mass is 16.5. The van der Waals surface area contributed by atoms with Crippen molar-refractivity contribution in [3.05, 3.63) is 59.9 Å². The quantitative estimate of drug-likeness (QED) is 0.821. The number of aromatic nitrogens is 1. The van der Waals surface area contributed by atoms with Gasteiger partial charge in [0.15, 0.2) is 6.61 Å². The normalized spacial score (nSPS) is 10.0. The lowest BCUT2D eigenvalue weighted by atomic mass is 10.2. The maximum absolute atomic E-state index is 11.7. The molecule has 0 aliphatic rings. The second-order valence-electron chi connectivity index (χ2n) is 5.15. The number of hydrogen-bond acceptors (Lipinski definition) is 5. The van der Waals surface area contributed by atoms with Crippen molar-refractivity contribution in [3.8, 4) is 0 Å². The van der Waals surface area contributed by atoms with Crippen molar-refractivity contribution in [3.63, 3.8) is 0 Å². The molecule has 0 unspecified atom stereocenters. The van der Waals surface area contributed by atoms with Crippen LogP contribution in [0.2, 0.25) is 0 Å². The van der Waals surface area contributed by atoms with Gasteiger partial charge in [-0.05, 0) is 29.8 Å². The number of rotatable bonds is 6. The van der Waals surface area contributed by atoms with Gasteiger partial charge in [-0.15, -0.1) is 0 Å². The van der Waals surface area contributed by atoms with E-state index in [1.807, 2.05) is 43.3 Å². The van der Waals surface area contributed by atoms with Crippen molar-refractivity contribution in [1.82, 2.24) is 10.3 Å². The molecule has 0 aliphatic carbocycles. The number of nitrogens with one attached hydrogen (secondary N) is 1. The predicted octanol–water partition coefficient (Wildman–Crippen LogP) is 1.62. The third-order valence-electron chi connectivity index (χ3n) is 3.19. The smallest absolute Gasteiger partial charge is 0.338 e. The van der Waals surface area contributed by atoms with Crippen molar-refractivity contribution in [2.45, 2.75) is 6.54 Å². The number of carbonyl (C=O) groups is 2. The van der Waals surface area contributed by atoms with Crippen LogP contribution in [-0.4, -0.2) is 37.6 Å². The molecule has 1 N–H and O–H groups in total. The second kappa shape index (κ2) is 7.93. The zero-order valence-corrected chi connectivity index (χ0v) is 13.2. The van der Waals surface area contributed by atoms with Gasteiger partial charge in [-0.2, -0.15) is 0 Å². The first kappa shape index (κ1) is 16.5. The predicted molar refractivity (Wildman–Crippen MR) is 87.1 cm³/mol. The summed E-state index contributed by atoms with van der Waals surface area (Å²) in [7, 11) is 3.93. The van der Waals surface area contributed by atoms with Gasteiger partial charge in [0.1, 0.15) is 0 Å². The van der Waals surface area contributed by atoms with E-state index < -0.39 is 5.97 Å². The van der Waals surface area contributed by atoms with Crippen LogP contribution in [0.3, 0.4) is 0 Å². The molecule has 1 aromatic heterocycles. The fraction of sp³-hybridized carbons (Fsp3) is 0.235. The van der Waals surface area contributed by atoms with Crippen LogP contribution in [0.4, 0.5) is 5.69 Å². The molecule has 2 aromatic rings. The van der Waals surface area contributed by atoms with Gasteiger partial charge in [-0.1, -0.05) is 12.1 Å². The van der Waals surface area contributed by atoms with E-state index in [2.05, 4.69) is 10.3 Å². The first-order valence-corrected chi connectivity index (χ1v) is 7.16. The number of anilines is 1. The molecular weight excluding hydrogens is 294 g/mol. The summed E-state index contributed by atoms with van der Waals surface area (Å²) in [5, 5.41) is 2.71. The fourth-order valence-electron chi connectivity index (χ4n) is 1.87. The standard InChI is InChI=1S/C17H19N3O3/c1-20(2)15-5-3-13(4-6-15)11-19-16(21)12-23-17(22)14-7-9-18-10-8-14/h3-10H,11-12H2,1-2H3,(H,19,21). The summed E-state index contributed by atoms with van der Waals surface area (Å²) < 4.78 is 4.94. The molecule has 1 aromatic carbocycles. The minimum Gasteiger partial charge on any atom is -0.452 e. The lowest BCUT2D eigenvalue weighted by Gasteiger charge is -2.13. The number of hydrogen-bond donors (Lipinski definition) is 1. The van der Waals surface area contributed by atoms with Gasteiger partial charge >= 0.3 is 5.97 Å². The first-order chi connectivity index (χ1) is 11.1. The Kier molecular flexibility index (Phi) is 5.68. The summed E-state index contributed by atoms with van der Waals surface area (Å²) in [4.78, 5) is 29.2. The first-order valence-electron chi connectivity index (χ1n) is 7.16. The zero-order valence-electron chi connectivity index (χ0n) is 13.2. The number of benzene rings is 1. The molecule has 1 amide bonds. The van der Waals surface area contributed by atoms with E-state index in [0.29, 0.717) is 12.1 Å². The van der Waals surface area contributed by atoms with Crippen LogP contribution >= 0.6 is 0 Å². The number of amides is 1. The molecule has 6 nitrogen and oxygen atoms in total. The summed E-state index contributed by atoms with van der Waals surface area (Å²) in [5.74, 6) is -0.887. The Bertz CT molecular complexity index is 655. The Hall–Kier alpha value is -2.89. The van der Waals surface area contributed by atoms with Gasteiger partial charge in [0.05, 0.1) is 5.56 Å². The molecule has 0 saturated carbocycles. The van der Waals surface area contributed by atoms with Gasteiger partial charge in [0.2, 0.25) is 0 Å². The van der Waals surface area contributed by atoms with Crippen LogP contribution in [0.25, 0.3) is 0 Å². The van der Waals surface area contributed by atoms with Gasteiger partial charge < -0.3 is 15.0 Å². The summed E-state index contributed by atoms with van der Waals surface area (Å²) in [5.41, 5.74) is 2.43. The van der Waals surface area contributed by atoms with Crippen LogP contribution < -0.4 is 10.2 Å². The molecule has 0 spiro atoms. The highest BCUT2D eigenvalue weighted by molar-refractivity contribution is 5.91. The molecule has 0 radical (unpaired) electrons. The Balaban J connectivity index is 1.76. The van der Waals surface area contributed by atoms with E-state index in [0.717, 1.165) is 11.3 Å². The highest BCUT2D eigenvalue weighted by Gasteiger charge is 2.09. The molecule has 0 saturated heterocycles. The Labute approximate surface area is 135 Å². The van der Waals surface area contributed by atoms with Crippen LogP contribution in [0.15, 0.2) is 48.8 Å². The van der Waals surface area contributed by atoms with E-state index >= 15 is 0 Å². The average Bonchev–Trinajstić information content (AvgIpc) is 2.59. The number of esters is 1. The third-order valence-corrected chi connectivity index (χ3v) is 3.19. The van der Waals surface area contributed by atoms with Crippen molar-refractivity contribution in [2.24, 2.45) is 0 Å². The van der Waals surface area contributed by atoms with Gasteiger partial charge in [0.25, 0.3) is 5.91 Å². The average molecular weight is 313 g/mol. The molecule has 2 rings (SSSR count). The molecule has 23 heavy (non-hydrogen) atoms. The van der Waals surface area contributed by atoms with Gasteiger partial charge in [-0.3, -0.25) is 9.78 Å². The van der Waals surface area contributed by atoms with E-state index in [9.17, 15) is 9.59 Å². The second-order valence-corrected chi connectivity index (χ2v) is 5.15. The van der Waals surface area contributed by atoms with E-state index in [-0.39, 0.29) is 12.5 Å². The molecule has 0 atom stereocenters. The SMILES string of the molecule is CN(C)c1ccc(CNC(=O)COC(=O)c2ccncc2)cc1. The molecule has 1 heterocycles. The number of ether oxygens (including phenoxy) is 1.